The quantitative estimate of drug-likeness (QED) is 0.619. The number of nitrogens with two attached hydrogens (primary N) is 1. The van der Waals surface area contributed by atoms with Gasteiger partial charge in [-0.25, -0.2) is 0 Å². The summed E-state index contributed by atoms with van der Waals surface area (Å²) in [5.74, 6) is 0.703. The van der Waals surface area contributed by atoms with Gasteiger partial charge in [0, 0.05) is 19.1 Å². The molecule has 0 aromatic heterocycles. The van der Waals surface area contributed by atoms with Crippen molar-refractivity contribution >= 4 is 0 Å². The molecule has 3 heteroatoms. The van der Waals surface area contributed by atoms with E-state index in [1.165, 1.54) is 19.5 Å². The van der Waals surface area contributed by atoms with Crippen molar-refractivity contribution in [2.45, 2.75) is 19.4 Å². The predicted octanol–water partition coefficient (Wildman–Crippen LogP) is -0.125. The lowest BCUT2D eigenvalue weighted by Crippen LogP contribution is -2.40. The SMILES string of the molecule is CCNCC(N)C1CCN(C)C1. The van der Waals surface area contributed by atoms with Crippen LogP contribution in [-0.4, -0.2) is 44.2 Å². The minimum absolute atomic E-state index is 0.342. The molecule has 1 heterocycles. The van der Waals surface area contributed by atoms with Gasteiger partial charge in [0.15, 0.2) is 0 Å². The largest absolute Gasteiger partial charge is 0.326 e. The highest BCUT2D eigenvalue weighted by Gasteiger charge is 2.24. The molecule has 1 saturated heterocycles. The smallest absolute Gasteiger partial charge is 0.0206 e. The average molecular weight is 171 g/mol. The fourth-order valence-electron chi connectivity index (χ4n) is 1.80. The number of nitrogens with one attached hydrogen (secondary N) is 1. The third-order valence-corrected chi connectivity index (χ3v) is 2.66. The van der Waals surface area contributed by atoms with E-state index in [0.717, 1.165) is 13.1 Å². The Morgan fingerprint density at radius 2 is 2.42 bits per heavy atom. The van der Waals surface area contributed by atoms with Gasteiger partial charge in [0.25, 0.3) is 0 Å². The normalized spacial score (nSPS) is 27.8. The summed E-state index contributed by atoms with van der Waals surface area (Å²) < 4.78 is 0. The minimum Gasteiger partial charge on any atom is -0.326 e. The van der Waals surface area contributed by atoms with E-state index in [1.807, 2.05) is 0 Å². The van der Waals surface area contributed by atoms with Crippen LogP contribution in [0.15, 0.2) is 0 Å². The summed E-state index contributed by atoms with van der Waals surface area (Å²) in [5.41, 5.74) is 6.04. The molecule has 3 N–H and O–H groups in total. The number of likely N-dealkylation sites (tertiary alicyclic amines) is 1. The van der Waals surface area contributed by atoms with Gasteiger partial charge in [-0.15, -0.1) is 0 Å². The Morgan fingerprint density at radius 1 is 1.67 bits per heavy atom. The summed E-state index contributed by atoms with van der Waals surface area (Å²) in [6.07, 6.45) is 1.27. The molecule has 0 bridgehead atoms. The lowest BCUT2D eigenvalue weighted by Gasteiger charge is -2.19. The molecule has 0 aromatic carbocycles. The maximum absolute atomic E-state index is 6.04. The second-order valence-corrected chi connectivity index (χ2v) is 3.78. The third-order valence-electron chi connectivity index (χ3n) is 2.66. The van der Waals surface area contributed by atoms with Crippen LogP contribution in [0.5, 0.6) is 0 Å². The molecule has 72 valence electrons. The van der Waals surface area contributed by atoms with Crippen molar-refractivity contribution in [3.05, 3.63) is 0 Å². The van der Waals surface area contributed by atoms with Crippen LogP contribution in [0, 0.1) is 5.92 Å². The molecule has 1 rings (SSSR count). The number of hydrogen-bond acceptors (Lipinski definition) is 3. The van der Waals surface area contributed by atoms with Crippen molar-refractivity contribution in [3.8, 4) is 0 Å². The summed E-state index contributed by atoms with van der Waals surface area (Å²) in [4.78, 5) is 2.36. The van der Waals surface area contributed by atoms with Crippen LogP contribution in [0.1, 0.15) is 13.3 Å². The Labute approximate surface area is 75.3 Å². The molecule has 2 atom stereocenters. The first-order valence-electron chi connectivity index (χ1n) is 4.89. The van der Waals surface area contributed by atoms with Gasteiger partial charge in [-0.05, 0) is 32.5 Å². The number of hydrogen-bond donors (Lipinski definition) is 2. The van der Waals surface area contributed by atoms with E-state index in [1.54, 1.807) is 0 Å². The fraction of sp³-hybridized carbons (Fsp3) is 1.00. The van der Waals surface area contributed by atoms with Gasteiger partial charge in [0.1, 0.15) is 0 Å². The Hall–Kier alpha value is -0.120. The first-order chi connectivity index (χ1) is 5.74. The van der Waals surface area contributed by atoms with Gasteiger partial charge < -0.3 is 16.0 Å². The molecule has 1 aliphatic heterocycles. The predicted molar refractivity (Wildman–Crippen MR) is 52.1 cm³/mol. The summed E-state index contributed by atoms with van der Waals surface area (Å²) in [6.45, 7) is 6.50. The lowest BCUT2D eigenvalue weighted by molar-refractivity contribution is 0.363. The lowest BCUT2D eigenvalue weighted by atomic mass is 10.00. The third kappa shape index (κ3) is 2.73. The van der Waals surface area contributed by atoms with Crippen molar-refractivity contribution in [2.24, 2.45) is 11.7 Å². The highest BCUT2D eigenvalue weighted by molar-refractivity contribution is 4.82. The monoisotopic (exact) mass is 171 g/mol. The van der Waals surface area contributed by atoms with E-state index >= 15 is 0 Å². The number of nitrogens with zero attached hydrogens (tertiary/aromatic N) is 1. The molecule has 0 amide bonds. The van der Waals surface area contributed by atoms with Crippen molar-refractivity contribution < 1.29 is 0 Å². The van der Waals surface area contributed by atoms with Crippen LogP contribution in [0.2, 0.25) is 0 Å². The number of likely N-dealkylation sites (N-methyl/N-ethyl adjacent to an activating group) is 1. The summed E-state index contributed by atoms with van der Waals surface area (Å²) in [6, 6.07) is 0.342. The second kappa shape index (κ2) is 4.80. The molecule has 0 spiro atoms. The highest BCUT2D eigenvalue weighted by atomic mass is 15.1. The van der Waals surface area contributed by atoms with Gasteiger partial charge in [0.05, 0.1) is 0 Å². The van der Waals surface area contributed by atoms with E-state index in [-0.39, 0.29) is 0 Å². The van der Waals surface area contributed by atoms with Crippen LogP contribution in [0.4, 0.5) is 0 Å². The zero-order valence-corrected chi connectivity index (χ0v) is 8.21. The summed E-state index contributed by atoms with van der Waals surface area (Å²) in [7, 11) is 2.17. The van der Waals surface area contributed by atoms with Gasteiger partial charge in [-0.1, -0.05) is 6.92 Å². The van der Waals surface area contributed by atoms with E-state index < -0.39 is 0 Å². The maximum atomic E-state index is 6.04. The van der Waals surface area contributed by atoms with Crippen molar-refractivity contribution in [1.29, 1.82) is 0 Å². The fourth-order valence-corrected chi connectivity index (χ4v) is 1.80. The van der Waals surface area contributed by atoms with Crippen molar-refractivity contribution in [1.82, 2.24) is 10.2 Å². The molecule has 1 aliphatic rings. The van der Waals surface area contributed by atoms with Gasteiger partial charge in [-0.2, -0.15) is 0 Å². The Bertz CT molecular complexity index is 127. The van der Waals surface area contributed by atoms with E-state index in [9.17, 15) is 0 Å². The van der Waals surface area contributed by atoms with Crippen molar-refractivity contribution in [2.75, 3.05) is 33.2 Å². The molecule has 0 aliphatic carbocycles. The highest BCUT2D eigenvalue weighted by Crippen LogP contribution is 2.16. The van der Waals surface area contributed by atoms with Crippen molar-refractivity contribution in [3.63, 3.8) is 0 Å². The van der Waals surface area contributed by atoms with E-state index in [0.29, 0.717) is 12.0 Å². The second-order valence-electron chi connectivity index (χ2n) is 3.78. The first kappa shape index (κ1) is 9.96. The molecule has 0 radical (unpaired) electrons. The minimum atomic E-state index is 0.342. The number of rotatable bonds is 4. The summed E-state index contributed by atoms with van der Waals surface area (Å²) >= 11 is 0. The zero-order valence-electron chi connectivity index (χ0n) is 8.21. The molecule has 0 saturated carbocycles. The average Bonchev–Trinajstić information content (AvgIpc) is 2.47. The zero-order chi connectivity index (χ0) is 8.97. The topological polar surface area (TPSA) is 41.3 Å². The van der Waals surface area contributed by atoms with E-state index in [4.69, 9.17) is 5.73 Å². The Balaban J connectivity index is 2.18. The van der Waals surface area contributed by atoms with Crippen LogP contribution < -0.4 is 11.1 Å². The van der Waals surface area contributed by atoms with Gasteiger partial charge in [-0.3, -0.25) is 0 Å². The molecular weight excluding hydrogens is 150 g/mol. The Morgan fingerprint density at radius 3 is 2.92 bits per heavy atom. The van der Waals surface area contributed by atoms with Crippen LogP contribution in [0.25, 0.3) is 0 Å². The Kier molecular flexibility index (Phi) is 3.98. The standard InChI is InChI=1S/C9H21N3/c1-3-11-6-9(10)8-4-5-12(2)7-8/h8-9,11H,3-7,10H2,1-2H3. The van der Waals surface area contributed by atoms with Crippen LogP contribution in [0.3, 0.4) is 0 Å². The molecule has 3 nitrogen and oxygen atoms in total. The molecule has 12 heavy (non-hydrogen) atoms. The van der Waals surface area contributed by atoms with Gasteiger partial charge in [0.2, 0.25) is 0 Å². The first-order valence-corrected chi connectivity index (χ1v) is 4.89. The summed E-state index contributed by atoms with van der Waals surface area (Å²) in [5, 5.41) is 3.30. The van der Waals surface area contributed by atoms with Crippen LogP contribution in [-0.2, 0) is 0 Å². The molecule has 2 unspecified atom stereocenters. The molecule has 0 aromatic rings. The molecular formula is C9H21N3. The molecule has 1 fully saturated rings. The van der Waals surface area contributed by atoms with Gasteiger partial charge >= 0.3 is 0 Å². The van der Waals surface area contributed by atoms with Crippen LogP contribution >= 0.6 is 0 Å². The van der Waals surface area contributed by atoms with E-state index in [2.05, 4.69) is 24.2 Å². The maximum Gasteiger partial charge on any atom is 0.0206 e.